The van der Waals surface area contributed by atoms with Gasteiger partial charge in [0.15, 0.2) is 5.16 Å². The second kappa shape index (κ2) is 11.9. The second-order valence-corrected chi connectivity index (χ2v) is 10.7. The fourth-order valence-corrected chi connectivity index (χ4v) is 5.23. The maximum Gasteiger partial charge on any atom is 0.251 e. The lowest BCUT2D eigenvalue weighted by atomic mass is 10.1. The molecule has 36 heavy (non-hydrogen) atoms. The molecule has 0 atom stereocenters. The summed E-state index contributed by atoms with van der Waals surface area (Å²) in [5.74, 6) is 2.52. The van der Waals surface area contributed by atoms with Gasteiger partial charge >= 0.3 is 0 Å². The summed E-state index contributed by atoms with van der Waals surface area (Å²) in [6.45, 7) is 7.95. The minimum atomic E-state index is 0.0218. The number of aromatic nitrogens is 2. The molecule has 1 aliphatic heterocycles. The molecule has 188 valence electrons. The van der Waals surface area contributed by atoms with Gasteiger partial charge in [-0.2, -0.15) is 0 Å². The highest BCUT2D eigenvalue weighted by Crippen LogP contribution is 2.28. The molecule has 1 N–H and O–H groups in total. The lowest BCUT2D eigenvalue weighted by Gasteiger charge is -2.35. The molecule has 5 rings (SSSR count). The molecule has 1 amide bonds. The van der Waals surface area contributed by atoms with Crippen LogP contribution in [0, 0.1) is 5.92 Å². The molecule has 2 fully saturated rings. The number of thioether (sulfide) groups is 1. The summed E-state index contributed by atoms with van der Waals surface area (Å²) < 4.78 is 0. The van der Waals surface area contributed by atoms with Crippen LogP contribution in [0.2, 0.25) is 0 Å². The fourth-order valence-electron chi connectivity index (χ4n) is 4.41. The predicted molar refractivity (Wildman–Crippen MR) is 146 cm³/mol. The number of rotatable bonds is 10. The highest BCUT2D eigenvalue weighted by atomic mass is 32.2. The van der Waals surface area contributed by atoms with E-state index in [2.05, 4.69) is 58.4 Å². The monoisotopic (exact) mass is 501 g/mol. The molecule has 6 nitrogen and oxygen atoms in total. The van der Waals surface area contributed by atoms with E-state index in [9.17, 15) is 4.79 Å². The number of amides is 1. The highest BCUT2D eigenvalue weighted by Gasteiger charge is 2.22. The van der Waals surface area contributed by atoms with E-state index in [1.54, 1.807) is 11.8 Å². The van der Waals surface area contributed by atoms with Crippen LogP contribution in [0.4, 0.5) is 5.82 Å². The zero-order valence-corrected chi connectivity index (χ0v) is 21.8. The van der Waals surface area contributed by atoms with Gasteiger partial charge in [0, 0.05) is 62.3 Å². The van der Waals surface area contributed by atoms with Crippen molar-refractivity contribution < 1.29 is 4.79 Å². The molecule has 1 saturated heterocycles. The second-order valence-electron chi connectivity index (χ2n) is 9.74. The van der Waals surface area contributed by atoms with E-state index in [-0.39, 0.29) is 5.91 Å². The van der Waals surface area contributed by atoms with Gasteiger partial charge in [-0.15, -0.1) is 0 Å². The van der Waals surface area contributed by atoms with Crippen LogP contribution in [-0.4, -0.2) is 53.5 Å². The van der Waals surface area contributed by atoms with E-state index in [1.165, 1.54) is 24.0 Å². The Hall–Kier alpha value is -2.90. The van der Waals surface area contributed by atoms with Crippen molar-refractivity contribution in [1.29, 1.82) is 0 Å². The molecule has 0 unspecified atom stereocenters. The van der Waals surface area contributed by atoms with Crippen molar-refractivity contribution in [1.82, 2.24) is 20.2 Å². The third-order valence-electron chi connectivity index (χ3n) is 6.88. The molecule has 3 aromatic rings. The van der Waals surface area contributed by atoms with Gasteiger partial charge in [-0.05, 0) is 48.4 Å². The average molecular weight is 502 g/mol. The van der Waals surface area contributed by atoms with Gasteiger partial charge in [0.1, 0.15) is 5.82 Å². The quantitative estimate of drug-likeness (QED) is 0.318. The number of aryl methyl sites for hydroxylation is 1. The Balaban J connectivity index is 1.16. The average Bonchev–Trinajstić information content (AvgIpc) is 3.76. The Bertz CT molecular complexity index is 1140. The minimum absolute atomic E-state index is 0.0218. The zero-order chi connectivity index (χ0) is 24.7. The summed E-state index contributed by atoms with van der Waals surface area (Å²) in [5, 5.41) is 3.85. The van der Waals surface area contributed by atoms with Crippen molar-refractivity contribution in [2.24, 2.45) is 5.92 Å². The number of nitrogens with zero attached hydrogens (tertiary/aromatic N) is 4. The van der Waals surface area contributed by atoms with Gasteiger partial charge in [0.2, 0.25) is 0 Å². The number of piperazine rings is 1. The van der Waals surface area contributed by atoms with Gasteiger partial charge in [-0.3, -0.25) is 9.69 Å². The van der Waals surface area contributed by atoms with E-state index >= 15 is 0 Å². The number of carbonyl (C=O) groups is 1. The van der Waals surface area contributed by atoms with Crippen molar-refractivity contribution in [3.63, 3.8) is 0 Å². The van der Waals surface area contributed by atoms with Gasteiger partial charge in [0.25, 0.3) is 5.91 Å². The summed E-state index contributed by atoms with van der Waals surface area (Å²) >= 11 is 1.66. The number of benzene rings is 2. The Kier molecular flexibility index (Phi) is 8.18. The van der Waals surface area contributed by atoms with Crippen LogP contribution >= 0.6 is 11.8 Å². The Morgan fingerprint density at radius 2 is 1.72 bits per heavy atom. The smallest absolute Gasteiger partial charge is 0.251 e. The van der Waals surface area contributed by atoms with Gasteiger partial charge in [-0.1, -0.05) is 61.2 Å². The SMILES string of the molecule is CCc1cc(N2CCN(Cc3ccccc3)CC2)nc(SCc2ccc(C(=O)NCC3CC3)cc2)n1. The largest absolute Gasteiger partial charge is 0.354 e. The maximum absolute atomic E-state index is 12.3. The van der Waals surface area contributed by atoms with Crippen LogP contribution in [-0.2, 0) is 18.7 Å². The fraction of sp³-hybridized carbons (Fsp3) is 0.414. The van der Waals surface area contributed by atoms with Crippen LogP contribution < -0.4 is 10.2 Å². The minimum Gasteiger partial charge on any atom is -0.354 e. The Morgan fingerprint density at radius 3 is 2.42 bits per heavy atom. The Labute approximate surface area is 218 Å². The standard InChI is InChI=1S/C29H35N5OS/c1-2-26-18-27(34-16-14-33(15-17-34)20-23-6-4-3-5-7-23)32-29(31-26)36-21-24-10-12-25(13-11-24)28(35)30-19-22-8-9-22/h3-7,10-13,18,22H,2,8-9,14-17,19-21H2,1H3,(H,30,35). The number of nitrogens with one attached hydrogen (secondary N) is 1. The van der Waals surface area contributed by atoms with Crippen LogP contribution in [0.3, 0.4) is 0 Å². The van der Waals surface area contributed by atoms with Crippen molar-refractivity contribution in [3.05, 3.63) is 83.0 Å². The van der Waals surface area contributed by atoms with Crippen LogP contribution in [0.1, 0.15) is 46.9 Å². The molecule has 0 spiro atoms. The Morgan fingerprint density at radius 1 is 0.972 bits per heavy atom. The predicted octanol–water partition coefficient (Wildman–Crippen LogP) is 4.79. The summed E-state index contributed by atoms with van der Waals surface area (Å²) in [6.07, 6.45) is 3.37. The molecular formula is C29H35N5OS. The first kappa shape index (κ1) is 24.8. The van der Waals surface area contributed by atoms with Crippen molar-refractivity contribution in [3.8, 4) is 0 Å². The van der Waals surface area contributed by atoms with E-state index in [1.807, 2.05) is 24.3 Å². The first-order valence-electron chi connectivity index (χ1n) is 13.1. The first-order chi connectivity index (χ1) is 17.7. The first-order valence-corrected chi connectivity index (χ1v) is 14.0. The van der Waals surface area contributed by atoms with Crippen LogP contribution in [0.25, 0.3) is 0 Å². The van der Waals surface area contributed by atoms with Crippen molar-refractivity contribution in [2.75, 3.05) is 37.6 Å². The highest BCUT2D eigenvalue weighted by molar-refractivity contribution is 7.98. The summed E-state index contributed by atoms with van der Waals surface area (Å²) in [6, 6.07) is 20.7. The maximum atomic E-state index is 12.3. The number of hydrogen-bond donors (Lipinski definition) is 1. The molecule has 0 radical (unpaired) electrons. The number of carbonyl (C=O) groups excluding carboxylic acids is 1. The summed E-state index contributed by atoms with van der Waals surface area (Å²) in [7, 11) is 0. The molecule has 0 bridgehead atoms. The zero-order valence-electron chi connectivity index (χ0n) is 21.0. The molecular weight excluding hydrogens is 466 g/mol. The van der Waals surface area contributed by atoms with E-state index in [0.29, 0.717) is 5.92 Å². The lowest BCUT2D eigenvalue weighted by Crippen LogP contribution is -2.46. The normalized spacial score (nSPS) is 16.2. The van der Waals surface area contributed by atoms with Gasteiger partial charge < -0.3 is 10.2 Å². The number of hydrogen-bond acceptors (Lipinski definition) is 6. The summed E-state index contributed by atoms with van der Waals surface area (Å²) in [5.41, 5.74) is 4.34. The van der Waals surface area contributed by atoms with E-state index in [0.717, 1.165) is 73.7 Å². The van der Waals surface area contributed by atoms with Crippen LogP contribution in [0.15, 0.2) is 65.8 Å². The summed E-state index contributed by atoms with van der Waals surface area (Å²) in [4.78, 5) is 26.9. The van der Waals surface area contributed by atoms with Crippen molar-refractivity contribution in [2.45, 2.75) is 43.6 Å². The van der Waals surface area contributed by atoms with E-state index < -0.39 is 0 Å². The lowest BCUT2D eigenvalue weighted by molar-refractivity contribution is 0.0952. The van der Waals surface area contributed by atoms with Gasteiger partial charge in [0.05, 0.1) is 0 Å². The third kappa shape index (κ3) is 6.86. The molecule has 1 saturated carbocycles. The molecule has 2 heterocycles. The molecule has 1 aliphatic carbocycles. The number of anilines is 1. The van der Waals surface area contributed by atoms with E-state index in [4.69, 9.17) is 9.97 Å². The van der Waals surface area contributed by atoms with Crippen LogP contribution in [0.5, 0.6) is 0 Å². The third-order valence-corrected chi connectivity index (χ3v) is 7.80. The van der Waals surface area contributed by atoms with Gasteiger partial charge in [-0.25, -0.2) is 9.97 Å². The molecule has 2 aromatic carbocycles. The molecule has 2 aliphatic rings. The molecule has 7 heteroatoms. The topological polar surface area (TPSA) is 61.4 Å². The molecule has 1 aromatic heterocycles. The van der Waals surface area contributed by atoms with Crippen molar-refractivity contribution >= 4 is 23.5 Å².